The molecule has 0 saturated heterocycles. The molecule has 0 spiro atoms. The van der Waals surface area contributed by atoms with Gasteiger partial charge in [0.15, 0.2) is 0 Å². The molecule has 1 atom stereocenters. The number of aromatic carboxylic acids is 1. The normalized spacial score (nSPS) is 19.9. The third-order valence-corrected chi connectivity index (χ3v) is 7.59. The van der Waals surface area contributed by atoms with Gasteiger partial charge in [0.05, 0.1) is 24.6 Å². The Morgan fingerprint density at radius 3 is 2.61 bits per heavy atom. The van der Waals surface area contributed by atoms with Crippen molar-refractivity contribution in [3.8, 4) is 11.5 Å². The maximum absolute atomic E-state index is 14.2. The smallest absolute Gasteiger partial charge is 0.336 e. The van der Waals surface area contributed by atoms with Gasteiger partial charge in [-0.3, -0.25) is 4.79 Å². The number of amides is 1. The highest BCUT2D eigenvalue weighted by atomic mass is 35.5. The molecule has 36 heavy (non-hydrogen) atoms. The molecular weight excluding hydrogens is 478 g/mol. The third-order valence-electron chi connectivity index (χ3n) is 7.35. The van der Waals surface area contributed by atoms with Gasteiger partial charge in [-0.25, -0.2) is 4.79 Å². The monoisotopic (exact) mass is 505 g/mol. The summed E-state index contributed by atoms with van der Waals surface area (Å²) in [5.74, 6) is 0.167. The minimum absolute atomic E-state index is 0.0874. The highest BCUT2D eigenvalue weighted by molar-refractivity contribution is 6.31. The number of hydrogen-bond donors (Lipinski definition) is 1. The lowest BCUT2D eigenvalue weighted by Gasteiger charge is -2.34. The molecule has 1 amide bonds. The Balaban J connectivity index is 1.61. The lowest BCUT2D eigenvalue weighted by Crippen LogP contribution is -2.39. The van der Waals surface area contributed by atoms with Crippen molar-refractivity contribution in [1.82, 2.24) is 0 Å². The summed E-state index contributed by atoms with van der Waals surface area (Å²) in [5, 5.41) is 10.3. The van der Waals surface area contributed by atoms with Crippen LogP contribution in [0, 0.1) is 0 Å². The van der Waals surface area contributed by atoms with Crippen LogP contribution in [0.3, 0.4) is 0 Å². The number of methoxy groups -OCH3 is 1. The number of anilines is 1. The second-order valence-corrected chi connectivity index (χ2v) is 10.6. The number of carbonyl (C=O) groups excluding carboxylic acids is 1. The highest BCUT2D eigenvalue weighted by Gasteiger charge is 2.49. The van der Waals surface area contributed by atoms with E-state index in [0.29, 0.717) is 22.0 Å². The molecule has 0 bridgehead atoms. The number of rotatable bonds is 5. The first kappa shape index (κ1) is 24.2. The number of halogens is 1. The van der Waals surface area contributed by atoms with Crippen LogP contribution in [0.25, 0.3) is 0 Å². The summed E-state index contributed by atoms with van der Waals surface area (Å²) in [4.78, 5) is 27.7. The summed E-state index contributed by atoms with van der Waals surface area (Å²) in [6.07, 6.45) is 1.74. The molecule has 7 heteroatoms. The second kappa shape index (κ2) is 8.56. The van der Waals surface area contributed by atoms with Crippen LogP contribution in [0.4, 0.5) is 5.69 Å². The lowest BCUT2D eigenvalue weighted by molar-refractivity contribution is -0.121. The molecule has 2 aliphatic rings. The van der Waals surface area contributed by atoms with E-state index in [-0.39, 0.29) is 23.6 Å². The topological polar surface area (TPSA) is 76.1 Å². The van der Waals surface area contributed by atoms with Crippen LogP contribution >= 0.6 is 11.6 Å². The van der Waals surface area contributed by atoms with E-state index in [4.69, 9.17) is 21.1 Å². The summed E-state index contributed by atoms with van der Waals surface area (Å²) < 4.78 is 11.5. The largest absolute Gasteiger partial charge is 0.497 e. The quantitative estimate of drug-likeness (QED) is 0.460. The van der Waals surface area contributed by atoms with Crippen molar-refractivity contribution in [2.45, 2.75) is 51.2 Å². The van der Waals surface area contributed by atoms with Crippen molar-refractivity contribution in [2.24, 2.45) is 0 Å². The number of benzene rings is 3. The van der Waals surface area contributed by atoms with Crippen LogP contribution in [0.5, 0.6) is 11.5 Å². The fourth-order valence-electron chi connectivity index (χ4n) is 5.25. The van der Waals surface area contributed by atoms with E-state index in [9.17, 15) is 14.7 Å². The van der Waals surface area contributed by atoms with E-state index in [1.807, 2.05) is 31.2 Å². The number of fused-ring (bicyclic) bond motifs is 2. The van der Waals surface area contributed by atoms with E-state index >= 15 is 0 Å². The van der Waals surface area contributed by atoms with E-state index in [0.717, 1.165) is 35.3 Å². The average molecular weight is 506 g/mol. The Kier molecular flexibility index (Phi) is 5.75. The molecule has 2 aliphatic heterocycles. The van der Waals surface area contributed by atoms with Crippen LogP contribution in [0.1, 0.15) is 59.8 Å². The van der Waals surface area contributed by atoms with Crippen LogP contribution in [-0.4, -0.2) is 29.7 Å². The van der Waals surface area contributed by atoms with Crippen molar-refractivity contribution in [3.05, 3.63) is 87.4 Å². The van der Waals surface area contributed by atoms with Crippen molar-refractivity contribution >= 4 is 29.2 Å². The van der Waals surface area contributed by atoms with Crippen molar-refractivity contribution in [1.29, 1.82) is 0 Å². The number of carboxylic acids is 1. The molecule has 186 valence electrons. The van der Waals surface area contributed by atoms with Gasteiger partial charge in [-0.05, 0) is 98.3 Å². The first-order valence-electron chi connectivity index (χ1n) is 11.9. The van der Waals surface area contributed by atoms with Crippen LogP contribution in [0.15, 0.2) is 54.6 Å². The van der Waals surface area contributed by atoms with Gasteiger partial charge >= 0.3 is 5.97 Å². The van der Waals surface area contributed by atoms with Gasteiger partial charge < -0.3 is 19.5 Å². The number of nitrogens with zero attached hydrogens (tertiary/aromatic N) is 1. The third kappa shape index (κ3) is 3.90. The fourth-order valence-corrected chi connectivity index (χ4v) is 5.42. The van der Waals surface area contributed by atoms with Gasteiger partial charge in [-0.15, -0.1) is 0 Å². The molecule has 0 aromatic heterocycles. The maximum Gasteiger partial charge on any atom is 0.336 e. The lowest BCUT2D eigenvalue weighted by atomic mass is 9.76. The Hall–Kier alpha value is -3.51. The maximum atomic E-state index is 14.2. The zero-order chi connectivity index (χ0) is 25.8. The minimum atomic E-state index is -1.06. The zero-order valence-corrected chi connectivity index (χ0v) is 21.5. The standard InChI is InChI=1S/C29H28ClNO5/c1-28(2)12-11-17-13-19(5-10-25(17)36-28)29(3)23-15-20(30)6-9-24(23)31(27(29)34)16-18-14-21(35-4)7-8-22(18)26(32)33/h5-10,13-15H,11-12,16H2,1-4H3,(H,32,33)/t29-/m0/s1. The van der Waals surface area contributed by atoms with E-state index in [1.165, 1.54) is 13.2 Å². The Labute approximate surface area is 215 Å². The molecule has 5 rings (SSSR count). The van der Waals surface area contributed by atoms with Gasteiger partial charge in [-0.2, -0.15) is 0 Å². The highest BCUT2D eigenvalue weighted by Crippen LogP contribution is 2.49. The second-order valence-electron chi connectivity index (χ2n) is 10.2. The van der Waals surface area contributed by atoms with Gasteiger partial charge in [0.2, 0.25) is 5.91 Å². The minimum Gasteiger partial charge on any atom is -0.497 e. The first-order chi connectivity index (χ1) is 17.0. The number of aryl methyl sites for hydroxylation is 1. The van der Waals surface area contributed by atoms with E-state index < -0.39 is 11.4 Å². The van der Waals surface area contributed by atoms with E-state index in [1.54, 1.807) is 23.1 Å². The fraction of sp³-hybridized carbons (Fsp3) is 0.310. The van der Waals surface area contributed by atoms with Gasteiger partial charge in [0, 0.05) is 10.7 Å². The number of hydrogen-bond acceptors (Lipinski definition) is 4. The molecule has 1 N–H and O–H groups in total. The van der Waals surface area contributed by atoms with Crippen LogP contribution in [0.2, 0.25) is 5.02 Å². The number of ether oxygens (including phenoxy) is 2. The summed E-state index contributed by atoms with van der Waals surface area (Å²) in [6, 6.07) is 16.1. The molecule has 2 heterocycles. The molecule has 0 unspecified atom stereocenters. The number of carboxylic acid groups (broad SMARTS) is 1. The molecule has 0 fully saturated rings. The molecule has 0 aliphatic carbocycles. The van der Waals surface area contributed by atoms with Crippen molar-refractivity contribution in [2.75, 3.05) is 12.0 Å². The van der Waals surface area contributed by atoms with Crippen LogP contribution in [-0.2, 0) is 23.2 Å². The summed E-state index contributed by atoms with van der Waals surface area (Å²) in [7, 11) is 1.52. The Morgan fingerprint density at radius 2 is 1.89 bits per heavy atom. The molecule has 0 radical (unpaired) electrons. The molecule has 0 saturated carbocycles. The average Bonchev–Trinajstić information content (AvgIpc) is 3.05. The molecule has 6 nitrogen and oxygen atoms in total. The van der Waals surface area contributed by atoms with Crippen molar-refractivity contribution in [3.63, 3.8) is 0 Å². The summed E-state index contributed by atoms with van der Waals surface area (Å²) in [6.45, 7) is 6.14. The number of carbonyl (C=O) groups is 2. The van der Waals surface area contributed by atoms with Crippen molar-refractivity contribution < 1.29 is 24.2 Å². The molecular formula is C29H28ClNO5. The molecule has 3 aromatic rings. The van der Waals surface area contributed by atoms with Gasteiger partial charge in [0.25, 0.3) is 0 Å². The Morgan fingerprint density at radius 1 is 1.11 bits per heavy atom. The van der Waals surface area contributed by atoms with Gasteiger partial charge in [0.1, 0.15) is 17.1 Å². The predicted octanol–water partition coefficient (Wildman–Crippen LogP) is 6.00. The van der Waals surface area contributed by atoms with Gasteiger partial charge in [-0.1, -0.05) is 23.7 Å². The molecule has 3 aromatic carbocycles. The summed E-state index contributed by atoms with van der Waals surface area (Å²) in [5.41, 5.74) is 2.82. The summed E-state index contributed by atoms with van der Waals surface area (Å²) >= 11 is 6.40. The zero-order valence-electron chi connectivity index (χ0n) is 20.7. The SMILES string of the molecule is COc1ccc(C(=O)O)c(CN2C(=O)[C@@](C)(c3ccc4c(c3)CCC(C)(C)O4)c3cc(Cl)ccc32)c1. The Bertz CT molecular complexity index is 1400. The van der Waals surface area contributed by atoms with Crippen LogP contribution < -0.4 is 14.4 Å². The first-order valence-corrected chi connectivity index (χ1v) is 12.3. The predicted molar refractivity (Wildman–Crippen MR) is 139 cm³/mol. The van der Waals surface area contributed by atoms with E-state index in [2.05, 4.69) is 19.9 Å².